The van der Waals surface area contributed by atoms with Crippen molar-refractivity contribution in [1.82, 2.24) is 0 Å². The minimum Gasteiger partial charge on any atom is -0.496 e. The van der Waals surface area contributed by atoms with E-state index in [1.54, 1.807) is 0 Å². The summed E-state index contributed by atoms with van der Waals surface area (Å²) >= 11 is 0. The predicted octanol–water partition coefficient (Wildman–Crippen LogP) is 2.40. The molecule has 0 bridgehead atoms. The SMILES string of the molecule is COc1cc(OC(F)(F)F)ccc1[C@@H](N)CCO.Cl. The maximum Gasteiger partial charge on any atom is 0.573 e. The number of alkyl halides is 3. The Bertz CT molecular complexity index is 401. The van der Waals surface area contributed by atoms with E-state index in [0.717, 1.165) is 12.1 Å². The molecule has 0 unspecified atom stereocenters. The van der Waals surface area contributed by atoms with E-state index >= 15 is 0 Å². The van der Waals surface area contributed by atoms with Gasteiger partial charge in [-0.1, -0.05) is 6.07 Å². The summed E-state index contributed by atoms with van der Waals surface area (Å²) in [5, 5.41) is 8.77. The summed E-state index contributed by atoms with van der Waals surface area (Å²) in [6.45, 7) is -0.120. The minimum absolute atomic E-state index is 0. The van der Waals surface area contributed by atoms with Gasteiger partial charge in [-0.2, -0.15) is 0 Å². The van der Waals surface area contributed by atoms with Gasteiger partial charge in [0.2, 0.25) is 0 Å². The number of benzene rings is 1. The zero-order valence-corrected chi connectivity index (χ0v) is 10.9. The number of ether oxygens (including phenoxy) is 2. The molecule has 110 valence electrons. The van der Waals surface area contributed by atoms with Crippen LogP contribution in [-0.4, -0.2) is 25.2 Å². The average Bonchev–Trinajstić information content (AvgIpc) is 2.27. The zero-order valence-electron chi connectivity index (χ0n) is 10.1. The first-order valence-electron chi connectivity index (χ1n) is 5.17. The van der Waals surface area contributed by atoms with Crippen LogP contribution in [0.3, 0.4) is 0 Å². The quantitative estimate of drug-likeness (QED) is 0.876. The third-order valence-corrected chi connectivity index (χ3v) is 2.28. The molecule has 0 aliphatic rings. The Morgan fingerprint density at radius 1 is 1.37 bits per heavy atom. The fourth-order valence-corrected chi connectivity index (χ4v) is 1.49. The summed E-state index contributed by atoms with van der Waals surface area (Å²) in [4.78, 5) is 0. The van der Waals surface area contributed by atoms with Crippen LogP contribution >= 0.6 is 12.4 Å². The Morgan fingerprint density at radius 2 is 2.00 bits per heavy atom. The number of rotatable bonds is 5. The molecule has 1 aromatic rings. The molecule has 0 aliphatic heterocycles. The maximum absolute atomic E-state index is 12.0. The van der Waals surface area contributed by atoms with Crippen molar-refractivity contribution in [3.63, 3.8) is 0 Å². The van der Waals surface area contributed by atoms with Crippen LogP contribution < -0.4 is 15.2 Å². The normalized spacial score (nSPS) is 12.5. The molecule has 0 saturated carbocycles. The first-order chi connectivity index (χ1) is 8.37. The van der Waals surface area contributed by atoms with Gasteiger partial charge < -0.3 is 20.3 Å². The molecule has 0 aromatic heterocycles. The average molecular weight is 302 g/mol. The molecule has 0 spiro atoms. The van der Waals surface area contributed by atoms with Gasteiger partial charge in [-0.05, 0) is 12.5 Å². The van der Waals surface area contributed by atoms with Gasteiger partial charge in [0.15, 0.2) is 0 Å². The second-order valence-corrected chi connectivity index (χ2v) is 3.57. The second kappa shape index (κ2) is 7.42. The number of nitrogens with two attached hydrogens (primary N) is 1. The monoisotopic (exact) mass is 301 g/mol. The van der Waals surface area contributed by atoms with Crippen molar-refractivity contribution in [1.29, 1.82) is 0 Å². The van der Waals surface area contributed by atoms with Gasteiger partial charge >= 0.3 is 6.36 Å². The van der Waals surface area contributed by atoms with Gasteiger partial charge in [-0.15, -0.1) is 25.6 Å². The van der Waals surface area contributed by atoms with Gasteiger partial charge in [0.25, 0.3) is 0 Å². The number of hydrogen-bond donors (Lipinski definition) is 2. The van der Waals surface area contributed by atoms with Gasteiger partial charge in [0.1, 0.15) is 11.5 Å². The fourth-order valence-electron chi connectivity index (χ4n) is 1.49. The Hall–Kier alpha value is -1.18. The molecule has 0 radical (unpaired) electrons. The van der Waals surface area contributed by atoms with Crippen molar-refractivity contribution in [3.8, 4) is 11.5 Å². The fraction of sp³-hybridized carbons (Fsp3) is 0.455. The van der Waals surface area contributed by atoms with Crippen LogP contribution in [0.2, 0.25) is 0 Å². The molecule has 4 nitrogen and oxygen atoms in total. The van der Waals surface area contributed by atoms with Crippen molar-refractivity contribution in [2.45, 2.75) is 18.8 Å². The summed E-state index contributed by atoms with van der Waals surface area (Å²) in [6.07, 6.45) is -4.46. The van der Waals surface area contributed by atoms with Crippen molar-refractivity contribution >= 4 is 12.4 Å². The molecule has 0 amide bonds. The van der Waals surface area contributed by atoms with Crippen molar-refractivity contribution in [2.24, 2.45) is 5.73 Å². The van der Waals surface area contributed by atoms with E-state index in [9.17, 15) is 13.2 Å². The summed E-state index contributed by atoms with van der Waals surface area (Å²) in [5.41, 5.74) is 6.27. The molecule has 0 aliphatic carbocycles. The molecular formula is C11H15ClF3NO3. The number of aliphatic hydroxyl groups excluding tert-OH is 1. The number of aliphatic hydroxyl groups is 1. The van der Waals surface area contributed by atoms with Crippen LogP contribution in [0.1, 0.15) is 18.0 Å². The van der Waals surface area contributed by atoms with E-state index < -0.39 is 12.4 Å². The van der Waals surface area contributed by atoms with E-state index in [-0.39, 0.29) is 36.9 Å². The highest BCUT2D eigenvalue weighted by Gasteiger charge is 2.31. The molecule has 0 fully saturated rings. The summed E-state index contributed by atoms with van der Waals surface area (Å²) in [6, 6.07) is 3.15. The van der Waals surface area contributed by atoms with Gasteiger partial charge in [0.05, 0.1) is 7.11 Å². The molecule has 1 rings (SSSR count). The highest BCUT2D eigenvalue weighted by Crippen LogP contribution is 2.32. The van der Waals surface area contributed by atoms with Gasteiger partial charge in [-0.3, -0.25) is 0 Å². The lowest BCUT2D eigenvalue weighted by molar-refractivity contribution is -0.274. The third-order valence-electron chi connectivity index (χ3n) is 2.28. The van der Waals surface area contributed by atoms with E-state index in [1.807, 2.05) is 0 Å². The Balaban J connectivity index is 0.00000324. The van der Waals surface area contributed by atoms with Crippen LogP contribution in [0.25, 0.3) is 0 Å². The summed E-state index contributed by atoms with van der Waals surface area (Å²) in [7, 11) is 1.32. The number of methoxy groups -OCH3 is 1. The predicted molar refractivity (Wildman–Crippen MR) is 65.6 cm³/mol. The lowest BCUT2D eigenvalue weighted by Crippen LogP contribution is -2.18. The lowest BCUT2D eigenvalue weighted by atomic mass is 10.0. The Labute approximate surface area is 114 Å². The zero-order chi connectivity index (χ0) is 13.8. The van der Waals surface area contributed by atoms with E-state index in [2.05, 4.69) is 4.74 Å². The first kappa shape index (κ1) is 17.8. The first-order valence-corrected chi connectivity index (χ1v) is 5.17. The molecule has 8 heteroatoms. The Morgan fingerprint density at radius 3 is 2.47 bits per heavy atom. The molecule has 1 atom stereocenters. The lowest BCUT2D eigenvalue weighted by Gasteiger charge is -2.16. The van der Waals surface area contributed by atoms with Gasteiger partial charge in [0, 0.05) is 24.3 Å². The smallest absolute Gasteiger partial charge is 0.496 e. The van der Waals surface area contributed by atoms with Crippen molar-refractivity contribution in [3.05, 3.63) is 23.8 Å². The van der Waals surface area contributed by atoms with Gasteiger partial charge in [-0.25, -0.2) is 0 Å². The molecular weight excluding hydrogens is 287 g/mol. The van der Waals surface area contributed by atoms with Crippen LogP contribution in [0.4, 0.5) is 13.2 Å². The molecule has 0 saturated heterocycles. The Kier molecular flexibility index (Phi) is 6.96. The molecule has 3 N–H and O–H groups in total. The minimum atomic E-state index is -4.75. The number of hydrogen-bond acceptors (Lipinski definition) is 4. The maximum atomic E-state index is 12.0. The number of halogens is 4. The van der Waals surface area contributed by atoms with E-state index in [0.29, 0.717) is 5.56 Å². The van der Waals surface area contributed by atoms with Crippen LogP contribution in [-0.2, 0) is 0 Å². The topological polar surface area (TPSA) is 64.7 Å². The standard InChI is InChI=1S/C11H14F3NO3.ClH/c1-17-10-6-7(18-11(12,13)14)2-3-8(10)9(15)4-5-16;/h2-3,6,9,16H,4-5,15H2,1H3;1H/t9-;/m0./s1. The van der Waals surface area contributed by atoms with Crippen LogP contribution in [0.15, 0.2) is 18.2 Å². The highest BCUT2D eigenvalue weighted by molar-refractivity contribution is 5.85. The van der Waals surface area contributed by atoms with E-state index in [4.69, 9.17) is 15.6 Å². The van der Waals surface area contributed by atoms with Crippen molar-refractivity contribution < 1.29 is 27.8 Å². The second-order valence-electron chi connectivity index (χ2n) is 3.57. The van der Waals surface area contributed by atoms with Crippen LogP contribution in [0.5, 0.6) is 11.5 Å². The molecule has 0 heterocycles. The summed E-state index contributed by atoms with van der Waals surface area (Å²) in [5.74, 6) is -0.183. The third kappa shape index (κ3) is 5.54. The largest absolute Gasteiger partial charge is 0.573 e. The summed E-state index contributed by atoms with van der Waals surface area (Å²) < 4.78 is 44.8. The highest BCUT2D eigenvalue weighted by atomic mass is 35.5. The van der Waals surface area contributed by atoms with E-state index in [1.165, 1.54) is 13.2 Å². The van der Waals surface area contributed by atoms with Crippen LogP contribution in [0, 0.1) is 0 Å². The van der Waals surface area contributed by atoms with Crippen molar-refractivity contribution in [2.75, 3.05) is 13.7 Å². The molecule has 19 heavy (non-hydrogen) atoms. The molecule has 1 aromatic carbocycles.